The van der Waals surface area contributed by atoms with Gasteiger partial charge in [0.05, 0.1) is 26.9 Å². The van der Waals surface area contributed by atoms with Crippen LogP contribution < -0.4 is 19.5 Å². The second-order valence-corrected chi connectivity index (χ2v) is 6.57. The molecule has 3 rings (SSSR count). The van der Waals surface area contributed by atoms with Crippen molar-refractivity contribution in [2.45, 2.75) is 6.92 Å². The van der Waals surface area contributed by atoms with Gasteiger partial charge in [-0.05, 0) is 18.4 Å². The van der Waals surface area contributed by atoms with Gasteiger partial charge in [0.2, 0.25) is 5.75 Å². The highest BCUT2D eigenvalue weighted by atomic mass is 32.1. The van der Waals surface area contributed by atoms with Crippen molar-refractivity contribution >= 4 is 34.4 Å². The van der Waals surface area contributed by atoms with E-state index in [0.717, 1.165) is 4.88 Å². The summed E-state index contributed by atoms with van der Waals surface area (Å²) >= 11 is 1.41. The molecular weight excluding hydrogens is 368 g/mol. The summed E-state index contributed by atoms with van der Waals surface area (Å²) in [5.41, 5.74) is 1.15. The summed E-state index contributed by atoms with van der Waals surface area (Å²) in [6, 6.07) is 7.04. The summed E-state index contributed by atoms with van der Waals surface area (Å²) in [5.74, 6) is 0.671. The van der Waals surface area contributed by atoms with Crippen LogP contribution in [0.4, 0.5) is 5.69 Å². The van der Waals surface area contributed by atoms with Crippen molar-refractivity contribution in [1.29, 1.82) is 0 Å². The van der Waals surface area contributed by atoms with Crippen LogP contribution in [-0.2, 0) is 9.59 Å². The molecule has 2 amide bonds. The minimum Gasteiger partial charge on any atom is -0.493 e. The van der Waals surface area contributed by atoms with E-state index in [4.69, 9.17) is 14.2 Å². The molecule has 0 fully saturated rings. The number of nitrogens with zero attached hydrogens (tertiary/aromatic N) is 1. The highest BCUT2D eigenvalue weighted by molar-refractivity contribution is 7.11. The van der Waals surface area contributed by atoms with Gasteiger partial charge in [-0.25, -0.2) is 0 Å². The number of hydrogen-bond donors (Lipinski definition) is 1. The minimum absolute atomic E-state index is 0.235. The number of benzene rings is 1. The maximum absolute atomic E-state index is 12.8. The Morgan fingerprint density at radius 3 is 2.19 bits per heavy atom. The van der Waals surface area contributed by atoms with Gasteiger partial charge in [-0.2, -0.15) is 0 Å². The van der Waals surface area contributed by atoms with E-state index in [9.17, 15) is 9.59 Å². The zero-order chi connectivity index (χ0) is 19.6. The number of carbonyl (C=O) groups is 2. The van der Waals surface area contributed by atoms with Gasteiger partial charge in [-0.15, -0.1) is 11.3 Å². The third-order valence-corrected chi connectivity index (χ3v) is 5.07. The normalized spacial score (nSPS) is 14.0. The number of nitrogens with one attached hydrogen (secondary N) is 1. The second kappa shape index (κ2) is 7.71. The van der Waals surface area contributed by atoms with Crippen molar-refractivity contribution in [1.82, 2.24) is 4.90 Å². The zero-order valence-electron chi connectivity index (χ0n) is 15.5. The summed E-state index contributed by atoms with van der Waals surface area (Å²) in [6.45, 7) is 2.07. The first-order valence-electron chi connectivity index (χ1n) is 8.27. The van der Waals surface area contributed by atoms with E-state index in [0.29, 0.717) is 35.1 Å². The molecule has 0 saturated carbocycles. The van der Waals surface area contributed by atoms with Crippen LogP contribution >= 0.6 is 11.3 Å². The molecule has 0 atom stereocenters. The lowest BCUT2D eigenvalue weighted by atomic mass is 10.1. The van der Waals surface area contributed by atoms with Crippen LogP contribution in [0, 0.1) is 0 Å². The van der Waals surface area contributed by atoms with Crippen molar-refractivity contribution in [3.8, 4) is 17.2 Å². The Bertz CT molecular complexity index is 880. The first-order valence-corrected chi connectivity index (χ1v) is 9.15. The molecule has 1 N–H and O–H groups in total. The van der Waals surface area contributed by atoms with Crippen molar-refractivity contribution in [2.24, 2.45) is 0 Å². The maximum atomic E-state index is 12.8. The topological polar surface area (TPSA) is 77.1 Å². The van der Waals surface area contributed by atoms with Gasteiger partial charge in [0, 0.05) is 29.2 Å². The van der Waals surface area contributed by atoms with E-state index in [1.54, 1.807) is 19.1 Å². The fraction of sp³-hybridized carbons (Fsp3) is 0.263. The molecule has 1 aromatic heterocycles. The van der Waals surface area contributed by atoms with Crippen LogP contribution in [0.3, 0.4) is 0 Å². The number of likely N-dealkylation sites (N-methyl/N-ethyl adjacent to an activating group) is 1. The molecule has 2 heterocycles. The van der Waals surface area contributed by atoms with E-state index < -0.39 is 0 Å². The van der Waals surface area contributed by atoms with Crippen molar-refractivity contribution in [3.63, 3.8) is 0 Å². The number of imide groups is 1. The number of amides is 2. The van der Waals surface area contributed by atoms with Gasteiger partial charge in [-0.1, -0.05) is 6.07 Å². The zero-order valence-corrected chi connectivity index (χ0v) is 16.3. The number of methoxy groups -OCH3 is 3. The highest BCUT2D eigenvalue weighted by Crippen LogP contribution is 2.41. The highest BCUT2D eigenvalue weighted by Gasteiger charge is 2.38. The van der Waals surface area contributed by atoms with E-state index in [2.05, 4.69) is 5.32 Å². The first kappa shape index (κ1) is 18.8. The summed E-state index contributed by atoms with van der Waals surface area (Å²) in [4.78, 5) is 27.5. The average Bonchev–Trinajstić information content (AvgIpc) is 3.28. The molecule has 0 aliphatic carbocycles. The van der Waals surface area contributed by atoms with Gasteiger partial charge >= 0.3 is 0 Å². The summed E-state index contributed by atoms with van der Waals surface area (Å²) in [7, 11) is 4.55. The standard InChI is InChI=1S/C19H20N2O5S/c1-5-21-18(22)15(14-7-6-8-27-14)16(19(21)23)20-11-9-12(24-2)17(26-4)13(10-11)25-3/h6-10,20H,5H2,1-4H3. The Morgan fingerprint density at radius 2 is 1.70 bits per heavy atom. The lowest BCUT2D eigenvalue weighted by molar-refractivity contribution is -0.136. The molecule has 2 aromatic rings. The van der Waals surface area contributed by atoms with E-state index >= 15 is 0 Å². The van der Waals surface area contributed by atoms with Crippen molar-refractivity contribution in [2.75, 3.05) is 33.2 Å². The molecule has 0 saturated heterocycles. The summed E-state index contributed by atoms with van der Waals surface area (Å²) in [6.07, 6.45) is 0. The monoisotopic (exact) mass is 388 g/mol. The maximum Gasteiger partial charge on any atom is 0.278 e. The van der Waals surface area contributed by atoms with E-state index in [1.807, 2.05) is 17.5 Å². The molecule has 1 aromatic carbocycles. The molecule has 142 valence electrons. The number of thiophene rings is 1. The van der Waals surface area contributed by atoms with Gasteiger partial charge in [0.1, 0.15) is 5.70 Å². The quantitative estimate of drug-likeness (QED) is 0.735. The molecule has 0 bridgehead atoms. The lowest BCUT2D eigenvalue weighted by Gasteiger charge is -2.16. The molecule has 0 radical (unpaired) electrons. The molecular formula is C19H20N2O5S. The molecule has 0 unspecified atom stereocenters. The average molecular weight is 388 g/mol. The molecule has 8 heteroatoms. The fourth-order valence-electron chi connectivity index (χ4n) is 2.93. The predicted octanol–water partition coefficient (Wildman–Crippen LogP) is 2.99. The molecule has 7 nitrogen and oxygen atoms in total. The molecule has 1 aliphatic heterocycles. The van der Waals surface area contributed by atoms with Gasteiger partial charge < -0.3 is 19.5 Å². The third kappa shape index (κ3) is 3.23. The van der Waals surface area contributed by atoms with E-state index in [-0.39, 0.29) is 17.5 Å². The Kier molecular flexibility index (Phi) is 5.36. The number of carbonyl (C=O) groups excluding carboxylic acids is 2. The van der Waals surface area contributed by atoms with Crippen LogP contribution in [0.25, 0.3) is 5.57 Å². The van der Waals surface area contributed by atoms with Crippen molar-refractivity contribution < 1.29 is 23.8 Å². The van der Waals surface area contributed by atoms with Crippen molar-refractivity contribution in [3.05, 3.63) is 40.2 Å². The van der Waals surface area contributed by atoms with Gasteiger partial charge in [0.15, 0.2) is 11.5 Å². The number of ether oxygens (including phenoxy) is 3. The van der Waals surface area contributed by atoms with Crippen LogP contribution in [0.5, 0.6) is 17.2 Å². The third-order valence-electron chi connectivity index (χ3n) is 4.19. The Morgan fingerprint density at radius 1 is 1.04 bits per heavy atom. The first-order chi connectivity index (χ1) is 13.0. The van der Waals surface area contributed by atoms with Crippen LogP contribution in [0.15, 0.2) is 35.3 Å². The number of rotatable bonds is 7. The minimum atomic E-state index is -0.361. The molecule has 27 heavy (non-hydrogen) atoms. The van der Waals surface area contributed by atoms with Gasteiger partial charge in [-0.3, -0.25) is 14.5 Å². The number of anilines is 1. The summed E-state index contributed by atoms with van der Waals surface area (Å²) in [5, 5.41) is 4.95. The van der Waals surface area contributed by atoms with Gasteiger partial charge in [0.25, 0.3) is 11.8 Å². The largest absolute Gasteiger partial charge is 0.493 e. The fourth-order valence-corrected chi connectivity index (χ4v) is 3.69. The summed E-state index contributed by atoms with van der Waals surface area (Å²) < 4.78 is 16.0. The lowest BCUT2D eigenvalue weighted by Crippen LogP contribution is -2.32. The Hall–Kier alpha value is -3.00. The van der Waals surface area contributed by atoms with Crippen LogP contribution in [0.1, 0.15) is 11.8 Å². The molecule has 0 spiro atoms. The predicted molar refractivity (Wildman–Crippen MR) is 103 cm³/mol. The molecule has 1 aliphatic rings. The Balaban J connectivity index is 2.09. The van der Waals surface area contributed by atoms with Crippen LogP contribution in [0.2, 0.25) is 0 Å². The second-order valence-electron chi connectivity index (χ2n) is 5.62. The number of hydrogen-bond acceptors (Lipinski definition) is 7. The van der Waals surface area contributed by atoms with E-state index in [1.165, 1.54) is 37.6 Å². The van der Waals surface area contributed by atoms with Crippen LogP contribution in [-0.4, -0.2) is 44.6 Å². The smallest absolute Gasteiger partial charge is 0.278 e. The Labute approximate surface area is 161 Å². The SMILES string of the molecule is CCN1C(=O)C(Nc2cc(OC)c(OC)c(OC)c2)=C(c2cccs2)C1=O.